The maximum Gasteiger partial charge on any atom is 0.242 e. The van der Waals surface area contributed by atoms with E-state index in [1.807, 2.05) is 0 Å². The number of nitrogen functional groups attached to an aromatic ring is 1. The number of anilines is 2. The number of carbonyl (C=O) groups excluding carboxylic acids is 1. The van der Waals surface area contributed by atoms with E-state index in [9.17, 15) is 13.6 Å². The summed E-state index contributed by atoms with van der Waals surface area (Å²) in [7, 11) is 0. The lowest BCUT2D eigenvalue weighted by Crippen LogP contribution is -2.41. The summed E-state index contributed by atoms with van der Waals surface area (Å²) in [5.74, 6) is -2.81. The Bertz CT molecular complexity index is 451. The Kier molecular flexibility index (Phi) is 4.41. The lowest BCUT2D eigenvalue weighted by atomic mass is 10.2. The van der Waals surface area contributed by atoms with Gasteiger partial charge in [-0.2, -0.15) is 0 Å². The molecule has 100 valence electrons. The number of amides is 1. The lowest BCUT2D eigenvalue weighted by Gasteiger charge is -2.17. The molecule has 0 spiro atoms. The molecule has 0 fully saturated rings. The number of hydrogen-bond acceptors (Lipinski definition) is 4. The predicted molar refractivity (Wildman–Crippen MR) is 64.9 cm³/mol. The third kappa shape index (κ3) is 3.54. The maximum absolute atomic E-state index is 13.4. The van der Waals surface area contributed by atoms with Crippen molar-refractivity contribution in [2.75, 3.05) is 11.1 Å². The molecule has 0 bridgehead atoms. The molecule has 0 radical (unpaired) electrons. The standard InChI is InChI=1S/C11H16F2N4O/c1-5(2)15-11(18)6(3)16-10-8(13)4-7(12)9(14)17-10/h4-6H,1-3H3,(H,15,18)(H3,14,16,17). The second-order valence-corrected chi connectivity index (χ2v) is 4.22. The van der Waals surface area contributed by atoms with Gasteiger partial charge < -0.3 is 16.4 Å². The van der Waals surface area contributed by atoms with Crippen LogP contribution < -0.4 is 16.4 Å². The first-order valence-electron chi connectivity index (χ1n) is 5.49. The number of hydrogen-bond donors (Lipinski definition) is 3. The van der Waals surface area contributed by atoms with Gasteiger partial charge in [-0.1, -0.05) is 0 Å². The summed E-state index contributed by atoms with van der Waals surface area (Å²) in [5, 5.41) is 5.19. The van der Waals surface area contributed by atoms with Crippen LogP contribution in [0.1, 0.15) is 20.8 Å². The van der Waals surface area contributed by atoms with E-state index >= 15 is 0 Å². The third-order valence-corrected chi connectivity index (χ3v) is 2.13. The number of nitrogens with two attached hydrogens (primary N) is 1. The van der Waals surface area contributed by atoms with Gasteiger partial charge in [0.2, 0.25) is 5.91 Å². The van der Waals surface area contributed by atoms with E-state index < -0.39 is 23.5 Å². The quantitative estimate of drug-likeness (QED) is 0.759. The van der Waals surface area contributed by atoms with Crippen LogP contribution in [0.15, 0.2) is 6.07 Å². The molecule has 5 nitrogen and oxygen atoms in total. The van der Waals surface area contributed by atoms with E-state index in [4.69, 9.17) is 5.73 Å². The number of nitrogens with one attached hydrogen (secondary N) is 2. The molecule has 1 aromatic rings. The summed E-state index contributed by atoms with van der Waals surface area (Å²) in [5.41, 5.74) is 5.23. The fourth-order valence-electron chi connectivity index (χ4n) is 1.26. The van der Waals surface area contributed by atoms with E-state index in [0.717, 1.165) is 0 Å². The molecule has 1 aromatic heterocycles. The zero-order valence-corrected chi connectivity index (χ0v) is 10.4. The van der Waals surface area contributed by atoms with Gasteiger partial charge in [0.15, 0.2) is 23.3 Å². The molecule has 0 aliphatic heterocycles. The summed E-state index contributed by atoms with van der Waals surface area (Å²) in [6.07, 6.45) is 0. The summed E-state index contributed by atoms with van der Waals surface area (Å²) in [6.45, 7) is 5.15. The molecule has 1 unspecified atom stereocenters. The fourth-order valence-corrected chi connectivity index (χ4v) is 1.26. The van der Waals surface area contributed by atoms with Crippen LogP contribution in [0.5, 0.6) is 0 Å². The topological polar surface area (TPSA) is 80.0 Å². The number of pyridine rings is 1. The zero-order chi connectivity index (χ0) is 13.9. The Morgan fingerprint density at radius 1 is 1.33 bits per heavy atom. The molecule has 0 aliphatic carbocycles. The number of nitrogens with zero attached hydrogens (tertiary/aromatic N) is 1. The van der Waals surface area contributed by atoms with Crippen molar-refractivity contribution in [3.63, 3.8) is 0 Å². The Hall–Kier alpha value is -1.92. The minimum Gasteiger partial charge on any atom is -0.381 e. The Labute approximate surface area is 104 Å². The van der Waals surface area contributed by atoms with E-state index in [1.54, 1.807) is 20.8 Å². The number of halogens is 2. The van der Waals surface area contributed by atoms with Crippen LogP contribution in [-0.4, -0.2) is 23.0 Å². The SMILES string of the molecule is CC(C)NC(=O)C(C)Nc1nc(N)c(F)cc1F. The van der Waals surface area contributed by atoms with Crippen molar-refractivity contribution in [1.82, 2.24) is 10.3 Å². The zero-order valence-electron chi connectivity index (χ0n) is 10.4. The summed E-state index contributed by atoms with van der Waals surface area (Å²) in [4.78, 5) is 15.1. The van der Waals surface area contributed by atoms with Gasteiger partial charge in [0.05, 0.1) is 0 Å². The molecular weight excluding hydrogens is 242 g/mol. The third-order valence-electron chi connectivity index (χ3n) is 2.13. The van der Waals surface area contributed by atoms with Gasteiger partial charge in [-0.25, -0.2) is 13.8 Å². The van der Waals surface area contributed by atoms with E-state index in [0.29, 0.717) is 6.07 Å². The first-order valence-corrected chi connectivity index (χ1v) is 5.49. The van der Waals surface area contributed by atoms with Crippen molar-refractivity contribution in [1.29, 1.82) is 0 Å². The average molecular weight is 258 g/mol. The second-order valence-electron chi connectivity index (χ2n) is 4.22. The molecule has 1 heterocycles. The average Bonchev–Trinajstić information content (AvgIpc) is 2.24. The first-order chi connectivity index (χ1) is 8.31. The smallest absolute Gasteiger partial charge is 0.242 e. The van der Waals surface area contributed by atoms with Crippen molar-refractivity contribution in [3.8, 4) is 0 Å². The minimum atomic E-state index is -0.933. The van der Waals surface area contributed by atoms with Crippen LogP contribution in [0.25, 0.3) is 0 Å². The van der Waals surface area contributed by atoms with Crippen molar-refractivity contribution >= 4 is 17.5 Å². The molecule has 1 atom stereocenters. The summed E-state index contributed by atoms with van der Waals surface area (Å²) in [6, 6.07) is -0.116. The van der Waals surface area contributed by atoms with Gasteiger partial charge in [0.25, 0.3) is 0 Å². The minimum absolute atomic E-state index is 0.0298. The molecule has 0 saturated carbocycles. The molecule has 1 rings (SSSR count). The van der Waals surface area contributed by atoms with Gasteiger partial charge in [-0.3, -0.25) is 4.79 Å². The number of carbonyl (C=O) groups is 1. The van der Waals surface area contributed by atoms with Crippen molar-refractivity contribution in [2.24, 2.45) is 0 Å². The Morgan fingerprint density at radius 3 is 2.50 bits per heavy atom. The largest absolute Gasteiger partial charge is 0.381 e. The molecule has 4 N–H and O–H groups in total. The highest BCUT2D eigenvalue weighted by Crippen LogP contribution is 2.17. The normalized spacial score (nSPS) is 12.3. The van der Waals surface area contributed by atoms with Gasteiger partial charge in [0.1, 0.15) is 6.04 Å². The molecular formula is C11H16F2N4O. The maximum atomic E-state index is 13.4. The van der Waals surface area contributed by atoms with Crippen LogP contribution >= 0.6 is 0 Å². The van der Waals surface area contributed by atoms with Crippen LogP contribution in [0.3, 0.4) is 0 Å². The number of aromatic nitrogens is 1. The van der Waals surface area contributed by atoms with Crippen LogP contribution in [0.2, 0.25) is 0 Å². The first kappa shape index (κ1) is 14.1. The van der Waals surface area contributed by atoms with Gasteiger partial charge >= 0.3 is 0 Å². The molecule has 0 saturated heterocycles. The van der Waals surface area contributed by atoms with Crippen molar-refractivity contribution < 1.29 is 13.6 Å². The van der Waals surface area contributed by atoms with Gasteiger partial charge in [-0.15, -0.1) is 0 Å². The highest BCUT2D eigenvalue weighted by atomic mass is 19.1. The second kappa shape index (κ2) is 5.61. The number of rotatable bonds is 4. The van der Waals surface area contributed by atoms with Crippen molar-refractivity contribution in [2.45, 2.75) is 32.9 Å². The van der Waals surface area contributed by atoms with Crippen LogP contribution in [0.4, 0.5) is 20.4 Å². The Morgan fingerprint density at radius 2 is 1.94 bits per heavy atom. The fraction of sp³-hybridized carbons (Fsp3) is 0.455. The van der Waals surface area contributed by atoms with Gasteiger partial charge in [-0.05, 0) is 20.8 Å². The molecule has 0 aromatic carbocycles. The molecule has 18 heavy (non-hydrogen) atoms. The summed E-state index contributed by atoms with van der Waals surface area (Å²) >= 11 is 0. The lowest BCUT2D eigenvalue weighted by molar-refractivity contribution is -0.122. The molecule has 7 heteroatoms. The van der Waals surface area contributed by atoms with E-state index in [-0.39, 0.29) is 17.8 Å². The molecule has 1 amide bonds. The summed E-state index contributed by atoms with van der Waals surface area (Å²) < 4.78 is 26.3. The van der Waals surface area contributed by atoms with Gasteiger partial charge in [0, 0.05) is 12.1 Å². The Balaban J connectivity index is 2.79. The van der Waals surface area contributed by atoms with Crippen LogP contribution in [0, 0.1) is 11.6 Å². The monoisotopic (exact) mass is 258 g/mol. The van der Waals surface area contributed by atoms with Crippen molar-refractivity contribution in [3.05, 3.63) is 17.7 Å². The van der Waals surface area contributed by atoms with E-state index in [2.05, 4.69) is 15.6 Å². The molecule has 0 aliphatic rings. The van der Waals surface area contributed by atoms with Crippen LogP contribution in [-0.2, 0) is 4.79 Å². The predicted octanol–water partition coefficient (Wildman–Crippen LogP) is 1.27. The highest BCUT2D eigenvalue weighted by molar-refractivity contribution is 5.84. The van der Waals surface area contributed by atoms with E-state index in [1.165, 1.54) is 0 Å². The highest BCUT2D eigenvalue weighted by Gasteiger charge is 2.17.